The van der Waals surface area contributed by atoms with Gasteiger partial charge >= 0.3 is 5.97 Å². The fraction of sp³-hybridized carbons (Fsp3) is 0.579. The van der Waals surface area contributed by atoms with E-state index in [0.29, 0.717) is 25.9 Å². The van der Waals surface area contributed by atoms with Crippen molar-refractivity contribution in [2.45, 2.75) is 38.4 Å². The first-order chi connectivity index (χ1) is 13.2. The summed E-state index contributed by atoms with van der Waals surface area (Å²) >= 11 is 0. The molecular weight excluding hydrogens is 382 g/mol. The maximum absolute atomic E-state index is 12.6. The van der Waals surface area contributed by atoms with Gasteiger partial charge in [-0.05, 0) is 44.2 Å². The molecule has 0 radical (unpaired) electrons. The van der Waals surface area contributed by atoms with E-state index in [0.717, 1.165) is 22.6 Å². The van der Waals surface area contributed by atoms with Gasteiger partial charge in [-0.25, -0.2) is 17.7 Å². The second kappa shape index (κ2) is 8.08. The molecule has 1 aliphatic heterocycles. The summed E-state index contributed by atoms with van der Waals surface area (Å²) < 4.78 is 31.9. The van der Waals surface area contributed by atoms with E-state index in [1.54, 1.807) is 21.0 Å². The van der Waals surface area contributed by atoms with Crippen LogP contribution in [0.15, 0.2) is 18.2 Å². The van der Waals surface area contributed by atoms with E-state index in [2.05, 4.69) is 9.97 Å². The first-order valence-corrected chi connectivity index (χ1v) is 10.9. The zero-order valence-corrected chi connectivity index (χ0v) is 17.2. The molecule has 9 heteroatoms. The topological polar surface area (TPSA) is 113 Å². The molecule has 28 heavy (non-hydrogen) atoms. The molecule has 0 unspecified atom stereocenters. The Kier molecular flexibility index (Phi) is 5.95. The molecule has 0 spiro atoms. The van der Waals surface area contributed by atoms with Crippen LogP contribution in [0.25, 0.3) is 11.0 Å². The van der Waals surface area contributed by atoms with Crippen molar-refractivity contribution in [1.29, 1.82) is 0 Å². The van der Waals surface area contributed by atoms with E-state index in [1.165, 1.54) is 4.31 Å². The fourth-order valence-corrected chi connectivity index (χ4v) is 5.17. The predicted molar refractivity (Wildman–Crippen MR) is 106 cm³/mol. The molecule has 154 valence electrons. The molecule has 2 aromatic rings. The van der Waals surface area contributed by atoms with Crippen molar-refractivity contribution >= 4 is 27.0 Å². The largest absolute Gasteiger partial charge is 0.497 e. The zero-order valence-electron chi connectivity index (χ0n) is 16.4. The number of carbonyl (C=O) groups is 1. The highest BCUT2D eigenvalue weighted by Crippen LogP contribution is 2.32. The predicted octanol–water partition coefficient (Wildman–Crippen LogP) is 2.26. The number of nitrogens with one attached hydrogen (secondary N) is 1. The lowest BCUT2D eigenvalue weighted by Gasteiger charge is -2.38. The van der Waals surface area contributed by atoms with Crippen LogP contribution < -0.4 is 4.74 Å². The van der Waals surface area contributed by atoms with Gasteiger partial charge in [0.1, 0.15) is 11.6 Å². The molecule has 1 fully saturated rings. The lowest BCUT2D eigenvalue weighted by Crippen LogP contribution is -2.47. The molecule has 1 aromatic carbocycles. The summed E-state index contributed by atoms with van der Waals surface area (Å²) in [5.41, 5.74) is 1.64. The number of aromatic nitrogens is 2. The first-order valence-electron chi connectivity index (χ1n) is 9.44. The first kappa shape index (κ1) is 20.6. The smallest absolute Gasteiger partial charge is 0.303 e. The number of benzene rings is 1. The molecule has 3 rings (SSSR count). The number of aliphatic carboxylic acids is 1. The molecule has 0 amide bonds. The highest BCUT2D eigenvalue weighted by Gasteiger charge is 2.37. The maximum atomic E-state index is 12.6. The summed E-state index contributed by atoms with van der Waals surface area (Å²) in [6.45, 7) is 4.02. The van der Waals surface area contributed by atoms with Crippen LogP contribution in [0.4, 0.5) is 0 Å². The number of nitrogens with zero attached hydrogens (tertiary/aromatic N) is 2. The summed E-state index contributed by atoms with van der Waals surface area (Å²) in [5.74, 6) is 0.398. The minimum absolute atomic E-state index is 0.0360. The number of rotatable bonds is 7. The van der Waals surface area contributed by atoms with Gasteiger partial charge in [0.2, 0.25) is 10.0 Å². The Morgan fingerprint density at radius 2 is 2.14 bits per heavy atom. The quantitative estimate of drug-likeness (QED) is 0.725. The third-order valence-corrected chi connectivity index (χ3v) is 7.68. The number of sulfonamides is 1. The maximum Gasteiger partial charge on any atom is 0.303 e. The molecule has 0 saturated carbocycles. The van der Waals surface area contributed by atoms with Gasteiger partial charge in [-0.3, -0.25) is 4.79 Å². The second-order valence-corrected chi connectivity index (χ2v) is 10.1. The van der Waals surface area contributed by atoms with E-state index < -0.39 is 21.2 Å². The van der Waals surface area contributed by atoms with Crippen LogP contribution in [0.5, 0.6) is 5.75 Å². The molecule has 2 atom stereocenters. The van der Waals surface area contributed by atoms with Crippen LogP contribution in [0.1, 0.15) is 32.5 Å². The van der Waals surface area contributed by atoms with Crippen LogP contribution in [-0.2, 0) is 21.2 Å². The molecule has 2 N–H and O–H groups in total. The minimum atomic E-state index is -3.37. The van der Waals surface area contributed by atoms with Crippen molar-refractivity contribution < 1.29 is 23.1 Å². The number of carboxylic acid groups (broad SMARTS) is 1. The molecular formula is C19H27N3O5S. The number of methoxy groups -OCH3 is 1. The third-order valence-electron chi connectivity index (χ3n) is 5.44. The Hall–Kier alpha value is -2.13. The highest BCUT2D eigenvalue weighted by molar-refractivity contribution is 7.89. The van der Waals surface area contributed by atoms with Crippen molar-refractivity contribution in [1.82, 2.24) is 14.3 Å². The highest BCUT2D eigenvalue weighted by atomic mass is 32.2. The summed E-state index contributed by atoms with van der Waals surface area (Å²) in [5, 5.41) is 8.77. The van der Waals surface area contributed by atoms with Crippen molar-refractivity contribution in [3.8, 4) is 5.75 Å². The number of piperidine rings is 1. The number of ether oxygens (including phenoxy) is 1. The Labute approximate surface area is 165 Å². The number of carboxylic acids is 1. The van der Waals surface area contributed by atoms with Gasteiger partial charge in [0.25, 0.3) is 0 Å². The Balaban J connectivity index is 1.84. The summed E-state index contributed by atoms with van der Waals surface area (Å²) in [6.07, 6.45) is 1.07. The van der Waals surface area contributed by atoms with Crippen LogP contribution in [0.3, 0.4) is 0 Å². The van der Waals surface area contributed by atoms with Gasteiger partial charge in [-0.2, -0.15) is 0 Å². The molecule has 8 nitrogen and oxygen atoms in total. The number of aromatic amines is 1. The monoisotopic (exact) mass is 409 g/mol. The van der Waals surface area contributed by atoms with Gasteiger partial charge in [0.15, 0.2) is 0 Å². The Bertz CT molecular complexity index is 954. The van der Waals surface area contributed by atoms with Crippen LogP contribution in [-0.4, -0.2) is 59.2 Å². The van der Waals surface area contributed by atoms with E-state index in [-0.39, 0.29) is 18.3 Å². The molecule has 0 bridgehead atoms. The van der Waals surface area contributed by atoms with Gasteiger partial charge in [0.05, 0.1) is 23.4 Å². The third kappa shape index (κ3) is 4.30. The van der Waals surface area contributed by atoms with Gasteiger partial charge in [0, 0.05) is 32.0 Å². The second-order valence-electron chi connectivity index (χ2n) is 7.63. The van der Waals surface area contributed by atoms with Crippen LogP contribution in [0.2, 0.25) is 0 Å². The lowest BCUT2D eigenvalue weighted by atomic mass is 9.82. The number of hydrogen-bond acceptors (Lipinski definition) is 5. The molecule has 1 saturated heterocycles. The number of hydrogen-bond donors (Lipinski definition) is 2. The number of H-pyrrole nitrogens is 1. The molecule has 0 aliphatic carbocycles. The van der Waals surface area contributed by atoms with Crippen molar-refractivity contribution in [3.63, 3.8) is 0 Å². The van der Waals surface area contributed by atoms with Crippen LogP contribution in [0, 0.1) is 11.8 Å². The normalized spacial score (nSPS) is 21.3. The minimum Gasteiger partial charge on any atom is -0.497 e. The molecule has 2 heterocycles. The van der Waals surface area contributed by atoms with Gasteiger partial charge < -0.3 is 14.8 Å². The SMILES string of the molecule is COc1ccc2nc(C[C@H]3CN(S(=O)(=O)C(C)C)CC[C@H]3CC(=O)O)[nH]c2c1. The summed E-state index contributed by atoms with van der Waals surface area (Å²) in [6, 6.07) is 5.55. The average molecular weight is 410 g/mol. The standard InChI is InChI=1S/C19H27N3O5S/c1-12(2)28(25,26)22-7-6-13(9-19(23)24)14(11-22)8-18-20-16-5-4-15(27-3)10-17(16)21-18/h4-5,10,12-14H,6-9,11H2,1-3H3,(H,20,21)(H,23,24)/t13-,14-/m0/s1. The number of imidazole rings is 1. The van der Waals surface area contributed by atoms with Gasteiger partial charge in [-0.1, -0.05) is 0 Å². The fourth-order valence-electron chi connectivity index (χ4n) is 3.81. The lowest BCUT2D eigenvalue weighted by molar-refractivity contribution is -0.138. The zero-order chi connectivity index (χ0) is 20.5. The van der Waals surface area contributed by atoms with E-state index in [9.17, 15) is 18.3 Å². The summed E-state index contributed by atoms with van der Waals surface area (Å²) in [7, 11) is -1.77. The van der Waals surface area contributed by atoms with E-state index >= 15 is 0 Å². The van der Waals surface area contributed by atoms with Crippen molar-refractivity contribution in [3.05, 3.63) is 24.0 Å². The van der Waals surface area contributed by atoms with E-state index in [1.807, 2.05) is 18.2 Å². The Morgan fingerprint density at radius 1 is 1.39 bits per heavy atom. The Morgan fingerprint density at radius 3 is 2.79 bits per heavy atom. The average Bonchev–Trinajstić information content (AvgIpc) is 3.03. The van der Waals surface area contributed by atoms with Gasteiger partial charge in [-0.15, -0.1) is 0 Å². The molecule has 1 aromatic heterocycles. The summed E-state index contributed by atoms with van der Waals surface area (Å²) in [4.78, 5) is 19.1. The molecule has 1 aliphatic rings. The number of fused-ring (bicyclic) bond motifs is 1. The van der Waals surface area contributed by atoms with E-state index in [4.69, 9.17) is 4.74 Å². The van der Waals surface area contributed by atoms with Crippen molar-refractivity contribution in [2.24, 2.45) is 11.8 Å². The van der Waals surface area contributed by atoms with Crippen LogP contribution >= 0.6 is 0 Å². The van der Waals surface area contributed by atoms with Crippen molar-refractivity contribution in [2.75, 3.05) is 20.2 Å².